The van der Waals surface area contributed by atoms with Crippen LogP contribution in [-0.4, -0.2) is 50.7 Å². The molecule has 12 nitrogen and oxygen atoms in total. The number of ketones is 1. The average Bonchev–Trinajstić information content (AvgIpc) is 3.49. The molecule has 230 valence electrons. The molecule has 0 fully saturated rings. The number of anilines is 1. The summed E-state index contributed by atoms with van der Waals surface area (Å²) in [4.78, 5) is 55.8. The van der Waals surface area contributed by atoms with Crippen LogP contribution < -0.4 is 16.2 Å². The number of hydrogen-bond acceptors (Lipinski definition) is 9. The van der Waals surface area contributed by atoms with E-state index in [9.17, 15) is 28.0 Å². The van der Waals surface area contributed by atoms with E-state index in [1.54, 1.807) is 58.0 Å². The maximum Gasteiger partial charge on any atom is 0.412 e. The number of aromatic nitrogens is 4. The van der Waals surface area contributed by atoms with Gasteiger partial charge in [-0.15, -0.1) is 10.2 Å². The van der Waals surface area contributed by atoms with E-state index >= 15 is 0 Å². The Morgan fingerprint density at radius 3 is 2.41 bits per heavy atom. The zero-order valence-corrected chi connectivity index (χ0v) is 24.6. The van der Waals surface area contributed by atoms with Crippen molar-refractivity contribution in [2.24, 2.45) is 5.92 Å². The molecule has 2 aromatic heterocycles. The highest BCUT2D eigenvalue weighted by molar-refractivity contribution is 5.98. The highest BCUT2D eigenvalue weighted by Crippen LogP contribution is 2.33. The third kappa shape index (κ3) is 6.69. The van der Waals surface area contributed by atoms with Crippen LogP contribution in [0.15, 0.2) is 63.9 Å². The van der Waals surface area contributed by atoms with E-state index in [0.29, 0.717) is 5.56 Å². The van der Waals surface area contributed by atoms with Crippen molar-refractivity contribution in [3.05, 3.63) is 94.1 Å². The summed E-state index contributed by atoms with van der Waals surface area (Å²) in [5, 5.41) is 12.6. The first-order valence-corrected chi connectivity index (χ1v) is 13.5. The Labute approximate surface area is 250 Å². The van der Waals surface area contributed by atoms with Gasteiger partial charge in [0.05, 0.1) is 30.5 Å². The van der Waals surface area contributed by atoms with Gasteiger partial charge in [-0.05, 0) is 31.4 Å². The second kappa shape index (κ2) is 12.9. The van der Waals surface area contributed by atoms with E-state index in [-0.39, 0.29) is 23.0 Å². The van der Waals surface area contributed by atoms with E-state index in [2.05, 4.69) is 30.6 Å². The van der Waals surface area contributed by atoms with Gasteiger partial charge in [-0.1, -0.05) is 50.2 Å². The largest absolute Gasteiger partial charge is 0.453 e. The molecule has 4 rings (SSSR count). The lowest BCUT2D eigenvalue weighted by Crippen LogP contribution is -2.46. The number of nitrogens with one attached hydrogen (secondary N) is 2. The van der Waals surface area contributed by atoms with Crippen LogP contribution in [-0.2, 0) is 21.5 Å². The summed E-state index contributed by atoms with van der Waals surface area (Å²) in [6.45, 7) is 5.98. The fourth-order valence-electron chi connectivity index (χ4n) is 4.44. The molecule has 0 spiro atoms. The summed E-state index contributed by atoms with van der Waals surface area (Å²) < 4.78 is 39.3. The lowest BCUT2D eigenvalue weighted by molar-refractivity contribution is -0.122. The van der Waals surface area contributed by atoms with E-state index in [1.165, 1.54) is 12.3 Å². The Balaban J connectivity index is 1.60. The highest BCUT2D eigenvalue weighted by atomic mass is 19.1. The zero-order chi connectivity index (χ0) is 32.2. The fraction of sp³-hybridized carbons (Fsp3) is 0.300. The van der Waals surface area contributed by atoms with Gasteiger partial charge in [-0.2, -0.15) is 0 Å². The fourth-order valence-corrected chi connectivity index (χ4v) is 4.44. The first-order chi connectivity index (χ1) is 20.8. The lowest BCUT2D eigenvalue weighted by Gasteiger charge is -2.22. The zero-order valence-electron chi connectivity index (χ0n) is 24.6. The molecule has 1 atom stereocenters. The topological polar surface area (TPSA) is 158 Å². The first kappa shape index (κ1) is 31.7. The van der Waals surface area contributed by atoms with Gasteiger partial charge in [0.25, 0.3) is 11.4 Å². The number of methoxy groups -OCH3 is 1. The number of ether oxygens (including phenoxy) is 1. The van der Waals surface area contributed by atoms with Crippen LogP contribution >= 0.6 is 0 Å². The molecule has 14 heteroatoms. The molecule has 0 aliphatic carbocycles. The molecular weight excluding hydrogens is 578 g/mol. The highest BCUT2D eigenvalue weighted by Gasteiger charge is 2.35. The number of nitrogens with zero attached hydrogens (tertiary/aromatic N) is 4. The van der Waals surface area contributed by atoms with Gasteiger partial charge in [0.1, 0.15) is 18.2 Å². The van der Waals surface area contributed by atoms with Crippen molar-refractivity contribution in [3.63, 3.8) is 0 Å². The molecule has 0 radical (unpaired) electrons. The molecule has 0 aliphatic rings. The second-order valence-electron chi connectivity index (χ2n) is 10.7. The Morgan fingerprint density at radius 2 is 1.77 bits per heavy atom. The van der Waals surface area contributed by atoms with Crippen LogP contribution in [0.1, 0.15) is 49.8 Å². The summed E-state index contributed by atoms with van der Waals surface area (Å²) in [5.74, 6) is -4.32. The van der Waals surface area contributed by atoms with Crippen LogP contribution in [0.2, 0.25) is 0 Å². The van der Waals surface area contributed by atoms with Crippen LogP contribution in [0.25, 0.3) is 11.3 Å². The monoisotopic (exact) mass is 608 g/mol. The number of benzene rings is 2. The molecule has 2 N–H and O–H groups in total. The molecule has 0 saturated carbocycles. The molecule has 44 heavy (non-hydrogen) atoms. The first-order valence-electron chi connectivity index (χ1n) is 13.5. The average molecular weight is 609 g/mol. The van der Waals surface area contributed by atoms with E-state index in [4.69, 9.17) is 4.42 Å². The van der Waals surface area contributed by atoms with Gasteiger partial charge in [-0.3, -0.25) is 24.3 Å². The van der Waals surface area contributed by atoms with Crippen molar-refractivity contribution in [2.75, 3.05) is 12.4 Å². The Bertz CT molecular complexity index is 1750. The number of amides is 2. The van der Waals surface area contributed by atoms with E-state index < -0.39 is 64.8 Å². The normalized spacial score (nSPS) is 12.1. The smallest absolute Gasteiger partial charge is 0.412 e. The van der Waals surface area contributed by atoms with Gasteiger partial charge in [0.2, 0.25) is 23.4 Å². The third-order valence-electron chi connectivity index (χ3n) is 6.87. The van der Waals surface area contributed by atoms with Gasteiger partial charge in [0, 0.05) is 11.6 Å². The minimum atomic E-state index is -1.22. The number of carbonyl (C=O) groups excluding carboxylic acids is 3. The van der Waals surface area contributed by atoms with Crippen molar-refractivity contribution >= 4 is 23.6 Å². The van der Waals surface area contributed by atoms with E-state index in [1.807, 2.05) is 0 Å². The predicted molar refractivity (Wildman–Crippen MR) is 154 cm³/mol. The summed E-state index contributed by atoms with van der Waals surface area (Å²) >= 11 is 0. The van der Waals surface area contributed by atoms with Crippen LogP contribution in [0.5, 0.6) is 0 Å². The Hall–Kier alpha value is -5.27. The molecule has 4 aromatic rings. The number of rotatable bonds is 10. The van der Waals surface area contributed by atoms with Crippen LogP contribution in [0, 0.1) is 17.6 Å². The van der Waals surface area contributed by atoms with Gasteiger partial charge >= 0.3 is 6.09 Å². The quantitative estimate of drug-likeness (QED) is 0.253. The van der Waals surface area contributed by atoms with Gasteiger partial charge < -0.3 is 14.5 Å². The minimum Gasteiger partial charge on any atom is -0.453 e. The molecule has 0 bridgehead atoms. The Morgan fingerprint density at radius 1 is 1.07 bits per heavy atom. The second-order valence-corrected chi connectivity index (χ2v) is 10.7. The van der Waals surface area contributed by atoms with Gasteiger partial charge in [-0.25, -0.2) is 18.6 Å². The minimum absolute atomic E-state index is 0.0772. The molecule has 2 amide bonds. The molecular formula is C30H30F2N6O6. The van der Waals surface area contributed by atoms with Crippen LogP contribution in [0.4, 0.5) is 19.4 Å². The molecule has 2 heterocycles. The summed E-state index contributed by atoms with van der Waals surface area (Å²) in [6.07, 6.45) is 0.402. The van der Waals surface area contributed by atoms with Crippen LogP contribution in [0.3, 0.4) is 0 Å². The van der Waals surface area contributed by atoms with Crippen molar-refractivity contribution < 1.29 is 32.3 Å². The number of Topliss-reactive ketones (excluding diaryl/α,β-unsaturated/α-hetero) is 1. The molecule has 0 saturated heterocycles. The SMILES string of the molecule is COC(=O)Nc1ncc(-c2ccccc2)n(CC(=O)NC(C(=O)c2nnc(C(C)(C)c3ccc(F)cc3F)o2)C(C)C)c1=O. The molecule has 1 unspecified atom stereocenters. The Kier molecular flexibility index (Phi) is 9.31. The number of carbonyl (C=O) groups is 3. The van der Waals surface area contributed by atoms with Crippen molar-refractivity contribution in [2.45, 2.75) is 45.7 Å². The standard InChI is InChI=1S/C30H30F2N6O6/c1-16(2)23(24(40)26-36-37-28(44-26)30(3,4)19-12-11-18(31)13-20(19)32)34-22(39)15-38-21(17-9-7-6-8-10-17)14-33-25(27(38)41)35-29(42)43-5/h6-14,16,23H,15H2,1-5H3,(H,34,39)(H,33,35,42). The molecule has 2 aromatic carbocycles. The van der Waals surface area contributed by atoms with Crippen molar-refractivity contribution in [3.8, 4) is 11.3 Å². The number of hydrogen-bond donors (Lipinski definition) is 2. The maximum atomic E-state index is 14.5. The molecule has 0 aliphatic heterocycles. The number of halogens is 2. The summed E-state index contributed by atoms with van der Waals surface area (Å²) in [5.41, 5.74) is -1.06. The summed E-state index contributed by atoms with van der Waals surface area (Å²) in [6, 6.07) is 10.6. The summed E-state index contributed by atoms with van der Waals surface area (Å²) in [7, 11) is 1.12. The maximum absolute atomic E-state index is 14.5. The lowest BCUT2D eigenvalue weighted by atomic mass is 9.84. The predicted octanol–water partition coefficient (Wildman–Crippen LogP) is 4.10. The third-order valence-corrected chi connectivity index (χ3v) is 6.87. The van der Waals surface area contributed by atoms with Gasteiger partial charge in [0.15, 0.2) is 0 Å². The van der Waals surface area contributed by atoms with Crippen molar-refractivity contribution in [1.82, 2.24) is 25.1 Å². The van der Waals surface area contributed by atoms with E-state index in [0.717, 1.165) is 23.8 Å². The van der Waals surface area contributed by atoms with Crippen molar-refractivity contribution in [1.29, 1.82) is 0 Å².